The van der Waals surface area contributed by atoms with E-state index in [-0.39, 0.29) is 0 Å². The second-order valence-electron chi connectivity index (χ2n) is 4.02. The largest absolute Gasteiger partial charge is 0.365 e. The number of anilines is 1. The first-order valence-electron chi connectivity index (χ1n) is 5.33. The summed E-state index contributed by atoms with van der Waals surface area (Å²) < 4.78 is 0. The van der Waals surface area contributed by atoms with E-state index >= 15 is 0 Å². The van der Waals surface area contributed by atoms with Crippen molar-refractivity contribution in [3.63, 3.8) is 0 Å². The molecule has 1 aliphatic rings. The van der Waals surface area contributed by atoms with Crippen LogP contribution in [0.3, 0.4) is 0 Å². The van der Waals surface area contributed by atoms with Crippen molar-refractivity contribution in [1.82, 2.24) is 9.97 Å². The van der Waals surface area contributed by atoms with Crippen molar-refractivity contribution >= 4 is 17.3 Å². The van der Waals surface area contributed by atoms with Crippen LogP contribution in [0.2, 0.25) is 5.02 Å². The Morgan fingerprint density at radius 2 is 2.38 bits per heavy atom. The van der Waals surface area contributed by atoms with E-state index in [0.717, 1.165) is 30.2 Å². The molecular formula is C12H12ClN3. The molecule has 0 radical (unpaired) electrons. The molecule has 3 nitrogen and oxygen atoms in total. The fourth-order valence-electron chi connectivity index (χ4n) is 2.16. The van der Waals surface area contributed by atoms with Crippen LogP contribution >= 0.6 is 11.6 Å². The maximum atomic E-state index is 6.02. The zero-order valence-corrected chi connectivity index (χ0v) is 9.54. The van der Waals surface area contributed by atoms with Crippen LogP contribution in [0, 0.1) is 0 Å². The zero-order chi connectivity index (χ0) is 11.0. The van der Waals surface area contributed by atoms with Crippen molar-refractivity contribution in [3.05, 3.63) is 47.0 Å². The average Bonchev–Trinajstić information content (AvgIpc) is 2.90. The summed E-state index contributed by atoms with van der Waals surface area (Å²) in [5.41, 5.74) is 3.76. The van der Waals surface area contributed by atoms with Gasteiger partial charge in [0.25, 0.3) is 0 Å². The Balaban J connectivity index is 1.88. The van der Waals surface area contributed by atoms with Gasteiger partial charge in [-0.25, -0.2) is 4.98 Å². The monoisotopic (exact) mass is 233 g/mol. The Morgan fingerprint density at radius 3 is 3.19 bits per heavy atom. The average molecular weight is 234 g/mol. The van der Waals surface area contributed by atoms with E-state index in [4.69, 9.17) is 11.6 Å². The molecule has 1 N–H and O–H groups in total. The quantitative estimate of drug-likeness (QED) is 0.865. The summed E-state index contributed by atoms with van der Waals surface area (Å²) in [4.78, 5) is 9.48. The molecule has 82 valence electrons. The van der Waals surface area contributed by atoms with Gasteiger partial charge in [0.2, 0.25) is 0 Å². The van der Waals surface area contributed by atoms with Gasteiger partial charge in [0.05, 0.1) is 18.6 Å². The summed E-state index contributed by atoms with van der Waals surface area (Å²) in [7, 11) is 0. The minimum absolute atomic E-state index is 0.801. The molecule has 0 spiro atoms. The lowest BCUT2D eigenvalue weighted by molar-refractivity contribution is 0.819. The van der Waals surface area contributed by atoms with Gasteiger partial charge in [0, 0.05) is 23.5 Å². The van der Waals surface area contributed by atoms with E-state index in [2.05, 4.69) is 20.9 Å². The van der Waals surface area contributed by atoms with E-state index in [1.54, 1.807) is 6.33 Å². The number of aromatic nitrogens is 2. The van der Waals surface area contributed by atoms with Crippen molar-refractivity contribution in [2.75, 3.05) is 11.4 Å². The molecule has 0 saturated carbocycles. The van der Waals surface area contributed by atoms with Crippen molar-refractivity contribution in [2.24, 2.45) is 0 Å². The number of rotatable bonds is 2. The lowest BCUT2D eigenvalue weighted by Crippen LogP contribution is -2.19. The highest BCUT2D eigenvalue weighted by Gasteiger charge is 2.19. The predicted molar refractivity (Wildman–Crippen MR) is 64.8 cm³/mol. The number of fused-ring (bicyclic) bond motifs is 1. The molecule has 0 saturated heterocycles. The first kappa shape index (κ1) is 9.73. The number of halogens is 1. The fraction of sp³-hybridized carbons (Fsp3) is 0.250. The van der Waals surface area contributed by atoms with Crippen LogP contribution in [0.4, 0.5) is 5.69 Å². The molecule has 0 fully saturated rings. The van der Waals surface area contributed by atoms with Crippen molar-refractivity contribution in [3.8, 4) is 0 Å². The second kappa shape index (κ2) is 3.83. The normalized spacial score (nSPS) is 14.2. The number of benzene rings is 1. The Bertz CT molecular complexity index is 493. The highest BCUT2D eigenvalue weighted by molar-refractivity contribution is 6.30. The Hall–Kier alpha value is -1.48. The number of nitrogens with zero attached hydrogens (tertiary/aromatic N) is 2. The number of hydrogen-bond acceptors (Lipinski definition) is 2. The van der Waals surface area contributed by atoms with Gasteiger partial charge in [0.15, 0.2) is 0 Å². The number of hydrogen-bond donors (Lipinski definition) is 1. The molecule has 0 aliphatic carbocycles. The Labute approximate surface area is 99.1 Å². The lowest BCUT2D eigenvalue weighted by atomic mass is 10.2. The fourth-order valence-corrected chi connectivity index (χ4v) is 2.33. The molecule has 1 aromatic heterocycles. The highest BCUT2D eigenvalue weighted by atomic mass is 35.5. The van der Waals surface area contributed by atoms with Gasteiger partial charge in [-0.15, -0.1) is 0 Å². The van der Waals surface area contributed by atoms with Crippen molar-refractivity contribution in [2.45, 2.75) is 13.0 Å². The van der Waals surface area contributed by atoms with Crippen LogP contribution in [0.1, 0.15) is 11.3 Å². The summed E-state index contributed by atoms with van der Waals surface area (Å²) in [6.45, 7) is 1.92. The van der Waals surface area contributed by atoms with E-state index in [1.807, 2.05) is 18.3 Å². The summed E-state index contributed by atoms with van der Waals surface area (Å²) in [6, 6.07) is 6.12. The molecule has 3 rings (SSSR count). The van der Waals surface area contributed by atoms with E-state index in [1.165, 1.54) is 11.3 Å². The molecular weight excluding hydrogens is 222 g/mol. The standard InChI is InChI=1S/C12H12ClN3/c13-10-2-1-9-3-4-16(12(9)5-10)7-11-6-14-8-15-11/h1-2,5-6,8H,3-4,7H2,(H,14,15). The molecule has 2 aromatic rings. The van der Waals surface area contributed by atoms with Gasteiger partial charge in [-0.05, 0) is 24.1 Å². The molecule has 2 heterocycles. The van der Waals surface area contributed by atoms with Gasteiger partial charge in [0.1, 0.15) is 0 Å². The van der Waals surface area contributed by atoms with Crippen LogP contribution in [0.5, 0.6) is 0 Å². The Kier molecular flexibility index (Phi) is 2.33. The maximum absolute atomic E-state index is 6.02. The summed E-state index contributed by atoms with van der Waals surface area (Å²) in [5.74, 6) is 0. The molecule has 0 bridgehead atoms. The summed E-state index contributed by atoms with van der Waals surface area (Å²) in [6.07, 6.45) is 4.67. The van der Waals surface area contributed by atoms with Crippen LogP contribution in [-0.4, -0.2) is 16.5 Å². The minimum Gasteiger partial charge on any atom is -0.365 e. The molecule has 0 unspecified atom stereocenters. The SMILES string of the molecule is Clc1ccc2c(c1)N(Cc1cnc[nH]1)CC2. The van der Waals surface area contributed by atoms with E-state index in [0.29, 0.717) is 0 Å². The molecule has 1 aliphatic heterocycles. The maximum Gasteiger partial charge on any atom is 0.0922 e. The van der Waals surface area contributed by atoms with Gasteiger partial charge in [-0.3, -0.25) is 0 Å². The third kappa shape index (κ3) is 1.67. The number of nitrogens with one attached hydrogen (secondary N) is 1. The first-order valence-corrected chi connectivity index (χ1v) is 5.71. The van der Waals surface area contributed by atoms with Crippen LogP contribution in [0.15, 0.2) is 30.7 Å². The van der Waals surface area contributed by atoms with Gasteiger partial charge >= 0.3 is 0 Å². The number of H-pyrrole nitrogens is 1. The third-order valence-corrected chi connectivity index (χ3v) is 3.19. The topological polar surface area (TPSA) is 31.9 Å². The third-order valence-electron chi connectivity index (χ3n) is 2.96. The highest BCUT2D eigenvalue weighted by Crippen LogP contribution is 2.31. The number of imidazole rings is 1. The summed E-state index contributed by atoms with van der Waals surface area (Å²) in [5, 5.41) is 0.801. The molecule has 16 heavy (non-hydrogen) atoms. The molecule has 4 heteroatoms. The van der Waals surface area contributed by atoms with Gasteiger partial charge in [-0.2, -0.15) is 0 Å². The smallest absolute Gasteiger partial charge is 0.0922 e. The van der Waals surface area contributed by atoms with E-state index < -0.39 is 0 Å². The first-order chi connectivity index (χ1) is 7.83. The van der Waals surface area contributed by atoms with Crippen LogP contribution in [0.25, 0.3) is 0 Å². The minimum atomic E-state index is 0.801. The van der Waals surface area contributed by atoms with Crippen LogP contribution in [-0.2, 0) is 13.0 Å². The predicted octanol–water partition coefficient (Wildman–Crippen LogP) is 2.63. The van der Waals surface area contributed by atoms with E-state index in [9.17, 15) is 0 Å². The molecule has 0 amide bonds. The summed E-state index contributed by atoms with van der Waals surface area (Å²) >= 11 is 6.02. The molecule has 0 atom stereocenters. The van der Waals surface area contributed by atoms with Crippen LogP contribution < -0.4 is 4.90 Å². The van der Waals surface area contributed by atoms with Crippen molar-refractivity contribution in [1.29, 1.82) is 0 Å². The Morgan fingerprint density at radius 1 is 1.44 bits per heavy atom. The second-order valence-corrected chi connectivity index (χ2v) is 4.46. The number of aromatic amines is 1. The van der Waals surface area contributed by atoms with Gasteiger partial charge < -0.3 is 9.88 Å². The lowest BCUT2D eigenvalue weighted by Gasteiger charge is -2.18. The van der Waals surface area contributed by atoms with Gasteiger partial charge in [-0.1, -0.05) is 17.7 Å². The van der Waals surface area contributed by atoms with Crippen molar-refractivity contribution < 1.29 is 0 Å². The zero-order valence-electron chi connectivity index (χ0n) is 8.78. The molecule has 1 aromatic carbocycles.